The zero-order chi connectivity index (χ0) is 12.8. The lowest BCUT2D eigenvalue weighted by atomic mass is 10.1. The Morgan fingerprint density at radius 1 is 1.11 bits per heavy atom. The molecule has 3 heteroatoms. The molecule has 2 aromatic rings. The van der Waals surface area contributed by atoms with E-state index in [1.165, 1.54) is 11.1 Å². The summed E-state index contributed by atoms with van der Waals surface area (Å²) >= 11 is 0. The molecule has 0 aliphatic heterocycles. The molecule has 0 aliphatic rings. The fraction of sp³-hybridized carbons (Fsp3) is 0.200. The topological polar surface area (TPSA) is 29.0 Å². The van der Waals surface area contributed by atoms with Crippen molar-refractivity contribution < 1.29 is 0 Å². The van der Waals surface area contributed by atoms with Gasteiger partial charge in [0.15, 0.2) is 0 Å². The lowest BCUT2D eigenvalue weighted by Crippen LogP contribution is -2.18. The Labute approximate surface area is 108 Å². The highest BCUT2D eigenvalue weighted by atomic mass is 15.1. The van der Waals surface area contributed by atoms with Crippen LogP contribution in [0.15, 0.2) is 61.3 Å². The summed E-state index contributed by atoms with van der Waals surface area (Å²) in [7, 11) is 2.05. The zero-order valence-electron chi connectivity index (χ0n) is 10.6. The molecule has 92 valence electrons. The molecule has 0 saturated heterocycles. The number of hydrogen-bond acceptors (Lipinski definition) is 3. The molecule has 0 amide bonds. The zero-order valence-corrected chi connectivity index (χ0v) is 10.6. The summed E-state index contributed by atoms with van der Waals surface area (Å²) in [4.78, 5) is 10.4. The molecule has 0 spiro atoms. The molecule has 0 unspecified atom stereocenters. The molecule has 0 saturated carbocycles. The average Bonchev–Trinajstić information content (AvgIpc) is 2.41. The van der Waals surface area contributed by atoms with Gasteiger partial charge in [-0.1, -0.05) is 18.7 Å². The maximum Gasteiger partial charge on any atom is 0.0438 e. The fourth-order valence-electron chi connectivity index (χ4n) is 1.75. The summed E-state index contributed by atoms with van der Waals surface area (Å²) in [6.07, 6.45) is 8.15. The standard InChI is InChI=1S/C15H17N3/c1-13(9-14-5-3-7-16-10-14)18(2)12-15-6-4-8-17-11-15/h3-8,10-11H,1,9,12H2,2H3. The smallest absolute Gasteiger partial charge is 0.0438 e. The highest BCUT2D eigenvalue weighted by Crippen LogP contribution is 2.11. The van der Waals surface area contributed by atoms with E-state index in [0.29, 0.717) is 0 Å². The molecular formula is C15H17N3. The fourth-order valence-corrected chi connectivity index (χ4v) is 1.75. The molecule has 0 N–H and O–H groups in total. The van der Waals surface area contributed by atoms with Gasteiger partial charge in [0.2, 0.25) is 0 Å². The third-order valence-corrected chi connectivity index (χ3v) is 2.81. The van der Waals surface area contributed by atoms with Gasteiger partial charge in [-0.15, -0.1) is 0 Å². The normalized spacial score (nSPS) is 10.1. The average molecular weight is 239 g/mol. The van der Waals surface area contributed by atoms with Crippen molar-refractivity contribution in [3.63, 3.8) is 0 Å². The minimum absolute atomic E-state index is 0.824. The SMILES string of the molecule is C=C(Cc1cccnc1)N(C)Cc1cccnc1. The van der Waals surface area contributed by atoms with E-state index in [1.807, 2.05) is 31.6 Å². The van der Waals surface area contributed by atoms with E-state index in [-0.39, 0.29) is 0 Å². The Morgan fingerprint density at radius 2 is 1.72 bits per heavy atom. The van der Waals surface area contributed by atoms with Crippen molar-refractivity contribution >= 4 is 0 Å². The first-order valence-electron chi connectivity index (χ1n) is 5.92. The lowest BCUT2D eigenvalue weighted by Gasteiger charge is -2.21. The van der Waals surface area contributed by atoms with Crippen molar-refractivity contribution in [2.24, 2.45) is 0 Å². The number of nitrogens with zero attached hydrogens (tertiary/aromatic N) is 3. The van der Waals surface area contributed by atoms with Crippen LogP contribution in [0.2, 0.25) is 0 Å². The monoisotopic (exact) mass is 239 g/mol. The van der Waals surface area contributed by atoms with Crippen LogP contribution in [0.3, 0.4) is 0 Å². The van der Waals surface area contributed by atoms with Gasteiger partial charge in [0.05, 0.1) is 0 Å². The molecule has 0 fully saturated rings. The molecule has 0 atom stereocenters. The number of pyridine rings is 2. The third-order valence-electron chi connectivity index (χ3n) is 2.81. The van der Waals surface area contributed by atoms with Crippen LogP contribution in [0.1, 0.15) is 11.1 Å². The Bertz CT molecular complexity index is 494. The van der Waals surface area contributed by atoms with E-state index in [4.69, 9.17) is 0 Å². The second-order valence-electron chi connectivity index (χ2n) is 4.32. The van der Waals surface area contributed by atoms with Crippen LogP contribution in [-0.2, 0) is 13.0 Å². The Hall–Kier alpha value is -2.16. The lowest BCUT2D eigenvalue weighted by molar-refractivity contribution is 0.403. The quantitative estimate of drug-likeness (QED) is 0.803. The number of rotatable bonds is 5. The van der Waals surface area contributed by atoms with Crippen LogP contribution < -0.4 is 0 Å². The second kappa shape index (κ2) is 5.96. The van der Waals surface area contributed by atoms with Gasteiger partial charge in [-0.3, -0.25) is 9.97 Å². The predicted octanol–water partition coefficient (Wildman–Crippen LogP) is 2.66. The molecule has 2 heterocycles. The van der Waals surface area contributed by atoms with E-state index >= 15 is 0 Å². The maximum absolute atomic E-state index is 4.12. The molecule has 0 bridgehead atoms. The molecule has 2 rings (SSSR count). The third kappa shape index (κ3) is 3.42. The molecular weight excluding hydrogens is 222 g/mol. The van der Waals surface area contributed by atoms with Crippen molar-refractivity contribution in [2.75, 3.05) is 7.05 Å². The van der Waals surface area contributed by atoms with Gasteiger partial charge in [-0.05, 0) is 23.3 Å². The minimum Gasteiger partial charge on any atom is -0.374 e. The van der Waals surface area contributed by atoms with Crippen LogP contribution in [0, 0.1) is 0 Å². The maximum atomic E-state index is 4.12. The summed E-state index contributed by atoms with van der Waals surface area (Å²) in [5, 5.41) is 0. The minimum atomic E-state index is 0.824. The first-order valence-corrected chi connectivity index (χ1v) is 5.92. The summed E-state index contributed by atoms with van der Waals surface area (Å²) in [6.45, 7) is 4.95. The van der Waals surface area contributed by atoms with Crippen LogP contribution in [0.5, 0.6) is 0 Å². The highest BCUT2D eigenvalue weighted by molar-refractivity contribution is 5.17. The van der Waals surface area contributed by atoms with Gasteiger partial charge in [-0.25, -0.2) is 0 Å². The Balaban J connectivity index is 1.93. The van der Waals surface area contributed by atoms with Crippen molar-refractivity contribution in [3.05, 3.63) is 72.5 Å². The second-order valence-corrected chi connectivity index (χ2v) is 4.32. The van der Waals surface area contributed by atoms with Crippen molar-refractivity contribution in [2.45, 2.75) is 13.0 Å². The first kappa shape index (κ1) is 12.3. The number of allylic oxidation sites excluding steroid dienone is 1. The summed E-state index contributed by atoms with van der Waals surface area (Å²) in [5.41, 5.74) is 3.44. The van der Waals surface area contributed by atoms with Gasteiger partial charge in [0, 0.05) is 50.5 Å². The van der Waals surface area contributed by atoms with E-state index in [1.54, 1.807) is 12.4 Å². The van der Waals surface area contributed by atoms with E-state index < -0.39 is 0 Å². The van der Waals surface area contributed by atoms with Crippen LogP contribution >= 0.6 is 0 Å². The van der Waals surface area contributed by atoms with Crippen LogP contribution in [0.4, 0.5) is 0 Å². The number of hydrogen-bond donors (Lipinski definition) is 0. The summed E-state index contributed by atoms with van der Waals surface area (Å²) in [5.74, 6) is 0. The molecule has 3 nitrogen and oxygen atoms in total. The highest BCUT2D eigenvalue weighted by Gasteiger charge is 2.04. The molecule has 2 aromatic heterocycles. The van der Waals surface area contributed by atoms with E-state index in [0.717, 1.165) is 18.7 Å². The number of likely N-dealkylation sites (N-methyl/N-ethyl adjacent to an activating group) is 1. The van der Waals surface area contributed by atoms with Crippen molar-refractivity contribution in [1.82, 2.24) is 14.9 Å². The molecule has 0 radical (unpaired) electrons. The van der Waals surface area contributed by atoms with Gasteiger partial charge in [0.25, 0.3) is 0 Å². The molecule has 0 aromatic carbocycles. The van der Waals surface area contributed by atoms with Gasteiger partial charge >= 0.3 is 0 Å². The summed E-state index contributed by atoms with van der Waals surface area (Å²) in [6, 6.07) is 8.04. The molecule has 0 aliphatic carbocycles. The van der Waals surface area contributed by atoms with E-state index in [2.05, 4.69) is 33.6 Å². The molecule has 18 heavy (non-hydrogen) atoms. The number of aromatic nitrogens is 2. The predicted molar refractivity (Wildman–Crippen MR) is 72.8 cm³/mol. The van der Waals surface area contributed by atoms with Gasteiger partial charge < -0.3 is 4.90 Å². The van der Waals surface area contributed by atoms with E-state index in [9.17, 15) is 0 Å². The van der Waals surface area contributed by atoms with Crippen molar-refractivity contribution in [1.29, 1.82) is 0 Å². The first-order chi connectivity index (χ1) is 8.75. The van der Waals surface area contributed by atoms with Gasteiger partial charge in [-0.2, -0.15) is 0 Å². The van der Waals surface area contributed by atoms with Crippen molar-refractivity contribution in [3.8, 4) is 0 Å². The summed E-state index contributed by atoms with van der Waals surface area (Å²) < 4.78 is 0. The largest absolute Gasteiger partial charge is 0.374 e. The Kier molecular flexibility index (Phi) is 4.07. The van der Waals surface area contributed by atoms with Crippen LogP contribution in [-0.4, -0.2) is 21.9 Å². The van der Waals surface area contributed by atoms with Gasteiger partial charge in [0.1, 0.15) is 0 Å². The van der Waals surface area contributed by atoms with Crippen LogP contribution in [0.25, 0.3) is 0 Å². The Morgan fingerprint density at radius 3 is 2.28 bits per heavy atom.